The standard InChI is InChI=1S/C6H11ClO2/c7-5-3-1-2-4-6(8)9/h4,8-9H,1-3,5H2. The van der Waals surface area contributed by atoms with Crippen molar-refractivity contribution >= 4 is 11.6 Å². The van der Waals surface area contributed by atoms with E-state index < -0.39 is 5.95 Å². The minimum Gasteiger partial charge on any atom is -0.481 e. The van der Waals surface area contributed by atoms with E-state index in [0.717, 1.165) is 12.8 Å². The number of allylic oxidation sites excluding steroid dienone is 1. The van der Waals surface area contributed by atoms with Crippen molar-refractivity contribution in [3.05, 3.63) is 12.0 Å². The van der Waals surface area contributed by atoms with Crippen molar-refractivity contribution in [2.75, 3.05) is 5.88 Å². The zero-order valence-corrected chi connectivity index (χ0v) is 5.93. The van der Waals surface area contributed by atoms with E-state index in [-0.39, 0.29) is 0 Å². The fourth-order valence-corrected chi connectivity index (χ4v) is 0.659. The Morgan fingerprint density at radius 1 is 1.33 bits per heavy atom. The van der Waals surface area contributed by atoms with E-state index in [1.807, 2.05) is 0 Å². The molecule has 0 aromatic rings. The molecule has 0 fully saturated rings. The molecule has 0 aromatic carbocycles. The van der Waals surface area contributed by atoms with Crippen LogP contribution < -0.4 is 0 Å². The van der Waals surface area contributed by atoms with Gasteiger partial charge >= 0.3 is 0 Å². The lowest BCUT2D eigenvalue weighted by Gasteiger charge is -1.89. The van der Waals surface area contributed by atoms with Crippen molar-refractivity contribution < 1.29 is 10.2 Å². The van der Waals surface area contributed by atoms with Crippen LogP contribution in [0.3, 0.4) is 0 Å². The number of hydrogen-bond donors (Lipinski definition) is 2. The van der Waals surface area contributed by atoms with Crippen molar-refractivity contribution in [2.24, 2.45) is 0 Å². The molecule has 0 unspecified atom stereocenters. The number of aliphatic hydroxyl groups excluding tert-OH is 1. The number of hydrogen-bond acceptors (Lipinski definition) is 2. The predicted octanol–water partition coefficient (Wildman–Crippen LogP) is 2.35. The van der Waals surface area contributed by atoms with E-state index in [9.17, 15) is 0 Å². The average molecular weight is 151 g/mol. The van der Waals surface area contributed by atoms with Gasteiger partial charge in [0.25, 0.3) is 5.95 Å². The molecule has 0 amide bonds. The van der Waals surface area contributed by atoms with E-state index in [1.54, 1.807) is 0 Å². The average Bonchev–Trinajstić information content (AvgIpc) is 1.80. The smallest absolute Gasteiger partial charge is 0.269 e. The first-order chi connectivity index (χ1) is 4.27. The van der Waals surface area contributed by atoms with E-state index >= 15 is 0 Å². The fourth-order valence-electron chi connectivity index (χ4n) is 0.470. The summed E-state index contributed by atoms with van der Waals surface area (Å²) < 4.78 is 0. The molecule has 0 aliphatic heterocycles. The first-order valence-corrected chi connectivity index (χ1v) is 3.45. The minimum absolute atomic E-state index is 0.593. The highest BCUT2D eigenvalue weighted by molar-refractivity contribution is 6.17. The summed E-state index contributed by atoms with van der Waals surface area (Å²) in [6.45, 7) is 0. The van der Waals surface area contributed by atoms with Crippen molar-refractivity contribution in [3.63, 3.8) is 0 Å². The molecule has 0 spiro atoms. The highest BCUT2D eigenvalue weighted by Crippen LogP contribution is 1.98. The minimum atomic E-state index is -0.593. The molecule has 0 saturated heterocycles. The second-order valence-corrected chi connectivity index (χ2v) is 2.13. The summed E-state index contributed by atoms with van der Waals surface area (Å²) in [5, 5.41) is 16.5. The third kappa shape index (κ3) is 7.63. The molecule has 0 heterocycles. The van der Waals surface area contributed by atoms with Crippen molar-refractivity contribution in [1.29, 1.82) is 0 Å². The number of halogens is 1. The Kier molecular flexibility index (Phi) is 5.52. The van der Waals surface area contributed by atoms with Crippen LogP contribution in [0.25, 0.3) is 0 Å². The molecule has 0 rings (SSSR count). The quantitative estimate of drug-likeness (QED) is 0.367. The maximum atomic E-state index is 8.24. The Labute approximate surface area is 59.8 Å². The van der Waals surface area contributed by atoms with Crippen molar-refractivity contribution in [1.82, 2.24) is 0 Å². The lowest BCUT2D eigenvalue weighted by molar-refractivity contribution is 0.189. The van der Waals surface area contributed by atoms with Crippen LogP contribution in [0.1, 0.15) is 19.3 Å². The summed E-state index contributed by atoms with van der Waals surface area (Å²) in [5.74, 6) is 0.0459. The molecule has 0 saturated carbocycles. The lowest BCUT2D eigenvalue weighted by Crippen LogP contribution is -1.78. The van der Waals surface area contributed by atoms with Crippen LogP contribution in [0, 0.1) is 0 Å². The summed E-state index contributed by atoms with van der Waals surface area (Å²) in [6.07, 6.45) is 3.89. The van der Waals surface area contributed by atoms with Crippen LogP contribution in [0.4, 0.5) is 0 Å². The van der Waals surface area contributed by atoms with E-state index in [4.69, 9.17) is 21.8 Å². The summed E-state index contributed by atoms with van der Waals surface area (Å²) >= 11 is 5.37. The maximum absolute atomic E-state index is 8.24. The lowest BCUT2D eigenvalue weighted by atomic mass is 10.2. The predicted molar refractivity (Wildman–Crippen MR) is 37.9 cm³/mol. The monoisotopic (exact) mass is 150 g/mol. The van der Waals surface area contributed by atoms with Crippen LogP contribution in [0.2, 0.25) is 0 Å². The molecule has 0 atom stereocenters. The Balaban J connectivity index is 3.00. The van der Waals surface area contributed by atoms with Gasteiger partial charge in [-0.25, -0.2) is 0 Å². The molecule has 3 heteroatoms. The van der Waals surface area contributed by atoms with Crippen LogP contribution in [-0.4, -0.2) is 16.1 Å². The zero-order valence-electron chi connectivity index (χ0n) is 5.18. The molecule has 2 nitrogen and oxygen atoms in total. The van der Waals surface area contributed by atoms with Crippen LogP contribution in [0.5, 0.6) is 0 Å². The number of rotatable bonds is 4. The van der Waals surface area contributed by atoms with Crippen molar-refractivity contribution in [2.45, 2.75) is 19.3 Å². The topological polar surface area (TPSA) is 40.5 Å². The van der Waals surface area contributed by atoms with Gasteiger partial charge in [0.05, 0.1) is 0 Å². The molecule has 0 aliphatic rings. The van der Waals surface area contributed by atoms with Gasteiger partial charge in [0.1, 0.15) is 0 Å². The van der Waals surface area contributed by atoms with E-state index in [2.05, 4.69) is 0 Å². The third-order valence-corrected chi connectivity index (χ3v) is 1.18. The number of aliphatic hydroxyl groups is 2. The zero-order chi connectivity index (χ0) is 7.11. The third-order valence-electron chi connectivity index (χ3n) is 0.915. The summed E-state index contributed by atoms with van der Waals surface area (Å²) in [4.78, 5) is 0. The second-order valence-electron chi connectivity index (χ2n) is 1.75. The van der Waals surface area contributed by atoms with Crippen LogP contribution in [0.15, 0.2) is 12.0 Å². The van der Waals surface area contributed by atoms with Gasteiger partial charge in [-0.05, 0) is 25.3 Å². The molecule has 2 N–H and O–H groups in total. The van der Waals surface area contributed by atoms with Crippen molar-refractivity contribution in [3.8, 4) is 0 Å². The number of alkyl halides is 1. The maximum Gasteiger partial charge on any atom is 0.269 e. The Bertz CT molecular complexity index is 87.1. The van der Waals surface area contributed by atoms with Gasteiger partial charge in [0.15, 0.2) is 0 Å². The van der Waals surface area contributed by atoms with Gasteiger partial charge < -0.3 is 10.2 Å². The Morgan fingerprint density at radius 3 is 2.44 bits per heavy atom. The summed E-state index contributed by atoms with van der Waals surface area (Å²) in [5.41, 5.74) is 0. The van der Waals surface area contributed by atoms with Crippen LogP contribution >= 0.6 is 11.6 Å². The van der Waals surface area contributed by atoms with Gasteiger partial charge in [-0.15, -0.1) is 11.6 Å². The largest absolute Gasteiger partial charge is 0.481 e. The summed E-state index contributed by atoms with van der Waals surface area (Å²) in [7, 11) is 0. The number of unbranched alkanes of at least 4 members (excludes halogenated alkanes) is 2. The van der Waals surface area contributed by atoms with Gasteiger partial charge in [0.2, 0.25) is 0 Å². The Hall–Kier alpha value is -0.370. The highest BCUT2D eigenvalue weighted by atomic mass is 35.5. The molecule has 0 bridgehead atoms. The van der Waals surface area contributed by atoms with E-state index in [0.29, 0.717) is 12.3 Å². The van der Waals surface area contributed by atoms with Gasteiger partial charge in [-0.1, -0.05) is 0 Å². The molecule has 54 valence electrons. The molecular weight excluding hydrogens is 140 g/mol. The van der Waals surface area contributed by atoms with Crippen LogP contribution in [-0.2, 0) is 0 Å². The normalized spacial score (nSPS) is 9.00. The highest BCUT2D eigenvalue weighted by Gasteiger charge is 1.85. The van der Waals surface area contributed by atoms with Gasteiger partial charge in [-0.2, -0.15) is 0 Å². The first-order valence-electron chi connectivity index (χ1n) is 2.91. The molecule has 0 aliphatic carbocycles. The molecule has 9 heavy (non-hydrogen) atoms. The summed E-state index contributed by atoms with van der Waals surface area (Å²) in [6, 6.07) is 0. The molecule has 0 aromatic heterocycles. The van der Waals surface area contributed by atoms with Gasteiger partial charge in [-0.3, -0.25) is 0 Å². The molecular formula is C6H11ClO2. The van der Waals surface area contributed by atoms with E-state index in [1.165, 1.54) is 6.08 Å². The van der Waals surface area contributed by atoms with Gasteiger partial charge in [0, 0.05) is 5.88 Å². The first kappa shape index (κ1) is 8.63. The second kappa shape index (κ2) is 5.76. The molecule has 0 radical (unpaired) electrons. The Morgan fingerprint density at radius 2 is 2.00 bits per heavy atom. The fraction of sp³-hybridized carbons (Fsp3) is 0.667. The SMILES string of the molecule is OC(O)=CCCCCCl.